The molecule has 5 heteroatoms. The zero-order chi connectivity index (χ0) is 13.1. The number of nitrogens with zero attached hydrogens (tertiary/aromatic N) is 3. The topological polar surface area (TPSA) is 28.6 Å². The Morgan fingerprint density at radius 3 is 3.06 bits per heavy atom. The average Bonchev–Trinajstić information content (AvgIpc) is 2.46. The van der Waals surface area contributed by atoms with Crippen molar-refractivity contribution in [2.24, 2.45) is 0 Å². The van der Waals surface area contributed by atoms with Crippen LogP contribution in [0.2, 0.25) is 0 Å². The van der Waals surface area contributed by atoms with Crippen molar-refractivity contribution in [2.75, 3.05) is 34.2 Å². The molecule has 0 amide bonds. The summed E-state index contributed by atoms with van der Waals surface area (Å²) in [5.41, 5.74) is 0.919. The second kappa shape index (κ2) is 5.63. The maximum Gasteiger partial charge on any atom is 0.224 e. The Balaban J connectivity index is 2.17. The van der Waals surface area contributed by atoms with Crippen molar-refractivity contribution in [3.63, 3.8) is 0 Å². The molecule has 0 aliphatic carbocycles. The monoisotopic (exact) mass is 265 g/mol. The van der Waals surface area contributed by atoms with Crippen LogP contribution in [0.3, 0.4) is 0 Å². The van der Waals surface area contributed by atoms with Gasteiger partial charge >= 0.3 is 0 Å². The Bertz CT molecular complexity index is 436. The van der Waals surface area contributed by atoms with Crippen LogP contribution in [0.15, 0.2) is 18.3 Å². The highest BCUT2D eigenvalue weighted by molar-refractivity contribution is 7.80. The minimum Gasteiger partial charge on any atom is -0.472 e. The van der Waals surface area contributed by atoms with Crippen LogP contribution in [-0.2, 0) is 0 Å². The summed E-state index contributed by atoms with van der Waals surface area (Å²) < 4.78 is 5.98. The fourth-order valence-electron chi connectivity index (χ4n) is 1.99. The van der Waals surface area contributed by atoms with E-state index in [0.717, 1.165) is 30.1 Å². The third kappa shape index (κ3) is 2.97. The van der Waals surface area contributed by atoms with E-state index in [2.05, 4.69) is 28.9 Å². The molecule has 0 bridgehead atoms. The van der Waals surface area contributed by atoms with Crippen LogP contribution in [0, 0.1) is 0 Å². The van der Waals surface area contributed by atoms with Gasteiger partial charge in [-0.2, -0.15) is 0 Å². The van der Waals surface area contributed by atoms with Crippen LogP contribution in [0.5, 0.6) is 5.88 Å². The first kappa shape index (κ1) is 13.2. The number of hydrogen-bond acceptors (Lipinski definition) is 4. The van der Waals surface area contributed by atoms with Gasteiger partial charge < -0.3 is 14.5 Å². The lowest BCUT2D eigenvalue weighted by atomic mass is 10.2. The lowest BCUT2D eigenvalue weighted by Gasteiger charge is -2.22. The van der Waals surface area contributed by atoms with Gasteiger partial charge in [0, 0.05) is 19.8 Å². The molecule has 2 heterocycles. The first-order valence-corrected chi connectivity index (χ1v) is 6.50. The minimum absolute atomic E-state index is 0.131. The molecule has 2 rings (SSSR count). The number of aromatic nitrogens is 1. The molecule has 0 spiro atoms. The normalized spacial score (nSPS) is 19.4. The molecule has 98 valence electrons. The van der Waals surface area contributed by atoms with Crippen LogP contribution in [0.25, 0.3) is 0 Å². The molecule has 1 atom stereocenters. The number of pyridine rings is 1. The first-order valence-electron chi connectivity index (χ1n) is 6.10. The van der Waals surface area contributed by atoms with Crippen molar-refractivity contribution >= 4 is 17.2 Å². The zero-order valence-corrected chi connectivity index (χ0v) is 11.9. The van der Waals surface area contributed by atoms with Gasteiger partial charge in [-0.1, -0.05) is 12.2 Å². The zero-order valence-electron chi connectivity index (χ0n) is 11.1. The maximum atomic E-state index is 5.98. The summed E-state index contributed by atoms with van der Waals surface area (Å²) in [6.07, 6.45) is 2.85. The first-order chi connectivity index (χ1) is 8.58. The van der Waals surface area contributed by atoms with E-state index in [9.17, 15) is 0 Å². The number of hydrogen-bond donors (Lipinski definition) is 0. The van der Waals surface area contributed by atoms with E-state index in [4.69, 9.17) is 17.0 Å². The molecule has 1 aliphatic heterocycles. The summed E-state index contributed by atoms with van der Waals surface area (Å²) in [6.45, 7) is 1.80. The van der Waals surface area contributed by atoms with Crippen molar-refractivity contribution in [1.82, 2.24) is 14.8 Å². The van der Waals surface area contributed by atoms with Crippen LogP contribution in [-0.4, -0.2) is 60.1 Å². The summed E-state index contributed by atoms with van der Waals surface area (Å²) in [6, 6.07) is 3.86. The van der Waals surface area contributed by atoms with Gasteiger partial charge in [0.25, 0.3) is 0 Å². The van der Waals surface area contributed by atoms with Gasteiger partial charge in [0.2, 0.25) is 5.88 Å². The second-order valence-corrected chi connectivity index (χ2v) is 5.26. The van der Waals surface area contributed by atoms with Crippen LogP contribution >= 0.6 is 12.2 Å². The Kier molecular flexibility index (Phi) is 4.14. The smallest absolute Gasteiger partial charge is 0.224 e. The van der Waals surface area contributed by atoms with Crippen molar-refractivity contribution in [1.29, 1.82) is 0 Å². The molecule has 1 aromatic rings. The van der Waals surface area contributed by atoms with Gasteiger partial charge in [0.15, 0.2) is 0 Å². The number of rotatable bonds is 3. The molecule has 18 heavy (non-hydrogen) atoms. The van der Waals surface area contributed by atoms with Crippen molar-refractivity contribution in [2.45, 2.75) is 12.5 Å². The predicted molar refractivity (Wildman–Crippen MR) is 76.2 cm³/mol. The molecule has 4 nitrogen and oxygen atoms in total. The SMILES string of the molecule is CN(C)CC[C@@H]1CN(C)C(=S)c2cccnc2O1. The summed E-state index contributed by atoms with van der Waals surface area (Å²) in [5, 5.41) is 0. The van der Waals surface area contributed by atoms with E-state index < -0.39 is 0 Å². The standard InChI is InChI=1S/C13H19N3OS/c1-15(2)8-6-10-9-16(3)13(18)11-5-4-7-14-12(11)17-10/h4-5,7,10H,6,8-9H2,1-3H3/t10-/m1/s1. The van der Waals surface area contributed by atoms with E-state index >= 15 is 0 Å². The third-order valence-electron chi connectivity index (χ3n) is 3.00. The van der Waals surface area contributed by atoms with Gasteiger partial charge in [-0.25, -0.2) is 4.98 Å². The lowest BCUT2D eigenvalue weighted by Crippen LogP contribution is -2.35. The molecule has 0 aromatic carbocycles. The summed E-state index contributed by atoms with van der Waals surface area (Å²) in [7, 11) is 6.14. The van der Waals surface area contributed by atoms with Gasteiger partial charge in [-0.15, -0.1) is 0 Å². The number of fused-ring (bicyclic) bond motifs is 1. The molecule has 0 saturated carbocycles. The Morgan fingerprint density at radius 1 is 1.56 bits per heavy atom. The number of ether oxygens (including phenoxy) is 1. The molecule has 0 radical (unpaired) electrons. The number of likely N-dealkylation sites (N-methyl/N-ethyl adjacent to an activating group) is 1. The second-order valence-electron chi connectivity index (χ2n) is 4.87. The summed E-state index contributed by atoms with van der Waals surface area (Å²) >= 11 is 5.45. The van der Waals surface area contributed by atoms with E-state index in [1.165, 1.54) is 0 Å². The van der Waals surface area contributed by atoms with Gasteiger partial charge in [-0.3, -0.25) is 0 Å². The van der Waals surface area contributed by atoms with Crippen molar-refractivity contribution < 1.29 is 4.74 Å². The fourth-order valence-corrected chi connectivity index (χ4v) is 2.22. The molecule has 0 fully saturated rings. The molecule has 0 saturated heterocycles. The lowest BCUT2D eigenvalue weighted by molar-refractivity contribution is 0.154. The molecular weight excluding hydrogens is 246 g/mol. The quantitative estimate of drug-likeness (QED) is 0.771. The molecular formula is C13H19N3OS. The Labute approximate surface area is 114 Å². The van der Waals surface area contributed by atoms with E-state index in [-0.39, 0.29) is 6.10 Å². The maximum absolute atomic E-state index is 5.98. The molecule has 1 aromatic heterocycles. The van der Waals surface area contributed by atoms with Gasteiger partial charge in [0.1, 0.15) is 11.1 Å². The highest BCUT2D eigenvalue weighted by Crippen LogP contribution is 2.23. The molecule has 1 aliphatic rings. The van der Waals surface area contributed by atoms with E-state index in [1.54, 1.807) is 6.20 Å². The van der Waals surface area contributed by atoms with E-state index in [0.29, 0.717) is 5.88 Å². The van der Waals surface area contributed by atoms with Crippen molar-refractivity contribution in [3.05, 3.63) is 23.9 Å². The Morgan fingerprint density at radius 2 is 2.33 bits per heavy atom. The fraction of sp³-hybridized carbons (Fsp3) is 0.538. The average molecular weight is 265 g/mol. The number of thiocarbonyl (C=S) groups is 1. The molecule has 0 N–H and O–H groups in total. The largest absolute Gasteiger partial charge is 0.472 e. The summed E-state index contributed by atoms with van der Waals surface area (Å²) in [4.78, 5) is 9.33. The van der Waals surface area contributed by atoms with Crippen LogP contribution in [0.1, 0.15) is 12.0 Å². The minimum atomic E-state index is 0.131. The summed E-state index contributed by atoms with van der Waals surface area (Å²) in [5.74, 6) is 0.663. The van der Waals surface area contributed by atoms with Crippen LogP contribution in [0.4, 0.5) is 0 Å². The van der Waals surface area contributed by atoms with Crippen LogP contribution < -0.4 is 4.74 Å². The highest BCUT2D eigenvalue weighted by Gasteiger charge is 2.24. The van der Waals surface area contributed by atoms with Gasteiger partial charge in [0.05, 0.1) is 12.1 Å². The Hall–Kier alpha value is -1.20. The highest BCUT2D eigenvalue weighted by atomic mass is 32.1. The van der Waals surface area contributed by atoms with Gasteiger partial charge in [-0.05, 0) is 32.6 Å². The van der Waals surface area contributed by atoms with Crippen molar-refractivity contribution in [3.8, 4) is 5.88 Å². The predicted octanol–water partition coefficient (Wildman–Crippen LogP) is 1.40. The third-order valence-corrected chi connectivity index (χ3v) is 3.53. The molecule has 0 unspecified atom stereocenters. The van der Waals surface area contributed by atoms with E-state index in [1.807, 2.05) is 19.2 Å².